The van der Waals surface area contributed by atoms with E-state index in [9.17, 15) is 4.79 Å². The second kappa shape index (κ2) is 4.91. The number of hydrogen-bond donors (Lipinski definition) is 1. The molecule has 2 rings (SSSR count). The van der Waals surface area contributed by atoms with Gasteiger partial charge in [-0.05, 0) is 24.8 Å². The maximum Gasteiger partial charge on any atom is 0.220 e. The van der Waals surface area contributed by atoms with Crippen LogP contribution in [-0.4, -0.2) is 11.9 Å². The molecule has 1 fully saturated rings. The molecular weight excluding hydrogens is 210 g/mol. The number of rotatable bonds is 3. The minimum absolute atomic E-state index is 0.196. The predicted molar refractivity (Wildman–Crippen MR) is 69.9 cm³/mol. The Kier molecular flexibility index (Phi) is 3.51. The third kappa shape index (κ3) is 2.87. The first-order chi connectivity index (χ1) is 8.06. The van der Waals surface area contributed by atoms with E-state index >= 15 is 0 Å². The third-order valence-electron chi connectivity index (χ3n) is 3.47. The van der Waals surface area contributed by atoms with Crippen molar-refractivity contribution >= 4 is 5.91 Å². The van der Waals surface area contributed by atoms with Crippen LogP contribution in [0.25, 0.3) is 0 Å². The average Bonchev–Trinajstić information content (AvgIpc) is 2.59. The molecule has 1 aliphatic heterocycles. The normalized spacial score (nSPS) is 24.1. The fourth-order valence-corrected chi connectivity index (χ4v) is 2.60. The van der Waals surface area contributed by atoms with Gasteiger partial charge < -0.3 is 5.32 Å². The average molecular weight is 231 g/mol. The summed E-state index contributed by atoms with van der Waals surface area (Å²) in [6.45, 7) is 6.50. The lowest BCUT2D eigenvalue weighted by Crippen LogP contribution is -2.29. The van der Waals surface area contributed by atoms with E-state index in [1.807, 2.05) is 0 Å². The summed E-state index contributed by atoms with van der Waals surface area (Å²) in [5, 5.41) is 3.11. The first-order valence-corrected chi connectivity index (χ1v) is 6.42. The molecule has 1 heterocycles. The van der Waals surface area contributed by atoms with Crippen LogP contribution in [-0.2, 0) is 4.79 Å². The molecule has 0 spiro atoms. The topological polar surface area (TPSA) is 29.1 Å². The number of amides is 1. The third-order valence-corrected chi connectivity index (χ3v) is 3.47. The Morgan fingerprint density at radius 1 is 1.29 bits per heavy atom. The molecular formula is C15H21NO. The molecule has 92 valence electrons. The van der Waals surface area contributed by atoms with Crippen LogP contribution in [0.4, 0.5) is 0 Å². The Morgan fingerprint density at radius 2 is 1.94 bits per heavy atom. The molecule has 2 nitrogen and oxygen atoms in total. The van der Waals surface area contributed by atoms with Gasteiger partial charge in [0, 0.05) is 18.4 Å². The highest BCUT2D eigenvalue weighted by Crippen LogP contribution is 2.31. The molecule has 1 amide bonds. The lowest BCUT2D eigenvalue weighted by Gasteiger charge is -2.21. The van der Waals surface area contributed by atoms with Gasteiger partial charge >= 0.3 is 0 Å². The Bertz CT molecular complexity index is 394. The zero-order chi connectivity index (χ0) is 12.4. The van der Waals surface area contributed by atoms with Crippen molar-refractivity contribution in [2.75, 3.05) is 0 Å². The lowest BCUT2D eigenvalue weighted by molar-refractivity contribution is -0.119. The van der Waals surface area contributed by atoms with Gasteiger partial charge in [0.2, 0.25) is 5.91 Å². The fourth-order valence-electron chi connectivity index (χ4n) is 2.60. The van der Waals surface area contributed by atoms with Gasteiger partial charge in [-0.3, -0.25) is 4.79 Å². The maximum absolute atomic E-state index is 11.6. The first-order valence-electron chi connectivity index (χ1n) is 6.42. The van der Waals surface area contributed by atoms with Gasteiger partial charge in [0.1, 0.15) is 0 Å². The number of carbonyl (C=O) groups excluding carboxylic acids is 1. The van der Waals surface area contributed by atoms with Crippen molar-refractivity contribution in [1.29, 1.82) is 0 Å². The summed E-state index contributed by atoms with van der Waals surface area (Å²) in [4.78, 5) is 11.6. The standard InChI is InChI=1S/C15H21NO/c1-10(2)8-14-13(9-15(17)16-14)12-6-4-11(3)5-7-12/h4-7,10,13-14H,8-9H2,1-3H3,(H,16,17). The van der Waals surface area contributed by atoms with E-state index in [0.29, 0.717) is 24.3 Å². The minimum atomic E-state index is 0.196. The minimum Gasteiger partial charge on any atom is -0.353 e. The summed E-state index contributed by atoms with van der Waals surface area (Å²) in [5.41, 5.74) is 2.56. The van der Waals surface area contributed by atoms with E-state index < -0.39 is 0 Å². The summed E-state index contributed by atoms with van der Waals surface area (Å²) >= 11 is 0. The highest BCUT2D eigenvalue weighted by Gasteiger charge is 2.33. The predicted octanol–water partition coefficient (Wildman–Crippen LogP) is 3.01. The van der Waals surface area contributed by atoms with Crippen LogP contribution in [0, 0.1) is 12.8 Å². The van der Waals surface area contributed by atoms with Gasteiger partial charge in [-0.2, -0.15) is 0 Å². The molecule has 2 unspecified atom stereocenters. The second-order valence-corrected chi connectivity index (χ2v) is 5.52. The van der Waals surface area contributed by atoms with Crippen molar-refractivity contribution < 1.29 is 4.79 Å². The Labute approximate surface area is 103 Å². The van der Waals surface area contributed by atoms with Crippen molar-refractivity contribution in [3.05, 3.63) is 35.4 Å². The Balaban J connectivity index is 2.17. The van der Waals surface area contributed by atoms with Gasteiger partial charge in [-0.15, -0.1) is 0 Å². The van der Waals surface area contributed by atoms with Crippen LogP contribution >= 0.6 is 0 Å². The summed E-state index contributed by atoms with van der Waals surface area (Å²) in [6, 6.07) is 8.89. The first kappa shape index (κ1) is 12.2. The molecule has 0 aromatic heterocycles. The highest BCUT2D eigenvalue weighted by molar-refractivity contribution is 5.80. The van der Waals surface area contributed by atoms with Crippen LogP contribution in [0.5, 0.6) is 0 Å². The van der Waals surface area contributed by atoms with Crippen molar-refractivity contribution in [3.63, 3.8) is 0 Å². The van der Waals surface area contributed by atoms with Gasteiger partial charge in [0.25, 0.3) is 0 Å². The van der Waals surface area contributed by atoms with Crippen LogP contribution in [0.1, 0.15) is 43.7 Å². The van der Waals surface area contributed by atoms with Crippen LogP contribution in [0.15, 0.2) is 24.3 Å². The summed E-state index contributed by atoms with van der Waals surface area (Å²) in [7, 11) is 0. The van der Waals surface area contributed by atoms with Crippen molar-refractivity contribution in [3.8, 4) is 0 Å². The summed E-state index contributed by atoms with van der Waals surface area (Å²) < 4.78 is 0. The Hall–Kier alpha value is -1.31. The number of carbonyl (C=O) groups is 1. The maximum atomic E-state index is 11.6. The quantitative estimate of drug-likeness (QED) is 0.851. The van der Waals surface area contributed by atoms with E-state index in [0.717, 1.165) is 6.42 Å². The lowest BCUT2D eigenvalue weighted by atomic mass is 9.87. The van der Waals surface area contributed by atoms with Gasteiger partial charge in [0.05, 0.1) is 0 Å². The molecule has 1 N–H and O–H groups in total. The molecule has 1 aliphatic rings. The molecule has 2 atom stereocenters. The van der Waals surface area contributed by atoms with E-state index in [1.54, 1.807) is 0 Å². The molecule has 0 radical (unpaired) electrons. The van der Waals surface area contributed by atoms with Crippen LogP contribution in [0.2, 0.25) is 0 Å². The highest BCUT2D eigenvalue weighted by atomic mass is 16.2. The number of hydrogen-bond acceptors (Lipinski definition) is 1. The number of nitrogens with one attached hydrogen (secondary N) is 1. The smallest absolute Gasteiger partial charge is 0.220 e. The molecule has 1 saturated heterocycles. The number of aryl methyl sites for hydroxylation is 1. The van der Waals surface area contributed by atoms with E-state index in [-0.39, 0.29) is 5.91 Å². The van der Waals surface area contributed by atoms with Gasteiger partial charge in [-0.1, -0.05) is 43.7 Å². The number of benzene rings is 1. The van der Waals surface area contributed by atoms with Gasteiger partial charge in [0.15, 0.2) is 0 Å². The molecule has 0 bridgehead atoms. The Morgan fingerprint density at radius 3 is 2.53 bits per heavy atom. The zero-order valence-corrected chi connectivity index (χ0v) is 10.9. The SMILES string of the molecule is Cc1ccc(C2CC(=O)NC2CC(C)C)cc1. The van der Waals surface area contributed by atoms with Crippen LogP contribution in [0.3, 0.4) is 0 Å². The molecule has 17 heavy (non-hydrogen) atoms. The van der Waals surface area contributed by atoms with E-state index in [1.165, 1.54) is 11.1 Å². The zero-order valence-electron chi connectivity index (χ0n) is 10.9. The van der Waals surface area contributed by atoms with Crippen molar-refractivity contribution in [2.24, 2.45) is 5.92 Å². The molecule has 0 aliphatic carbocycles. The molecule has 1 aromatic carbocycles. The van der Waals surface area contributed by atoms with Crippen molar-refractivity contribution in [2.45, 2.75) is 45.6 Å². The summed E-state index contributed by atoms with van der Waals surface area (Å²) in [5.74, 6) is 1.16. The second-order valence-electron chi connectivity index (χ2n) is 5.52. The monoisotopic (exact) mass is 231 g/mol. The summed E-state index contributed by atoms with van der Waals surface area (Å²) in [6.07, 6.45) is 1.70. The van der Waals surface area contributed by atoms with E-state index in [4.69, 9.17) is 0 Å². The fraction of sp³-hybridized carbons (Fsp3) is 0.533. The van der Waals surface area contributed by atoms with Crippen LogP contribution < -0.4 is 5.32 Å². The molecule has 0 saturated carbocycles. The largest absolute Gasteiger partial charge is 0.353 e. The van der Waals surface area contributed by atoms with Crippen molar-refractivity contribution in [1.82, 2.24) is 5.32 Å². The van der Waals surface area contributed by atoms with E-state index in [2.05, 4.69) is 50.4 Å². The van der Waals surface area contributed by atoms with Gasteiger partial charge in [-0.25, -0.2) is 0 Å². The molecule has 1 aromatic rings. The molecule has 2 heteroatoms.